The second kappa shape index (κ2) is 15.2. The Bertz CT molecular complexity index is 340. The molecule has 0 saturated heterocycles. The number of rotatable bonds is 15. The Labute approximate surface area is 136 Å². The summed E-state index contributed by atoms with van der Waals surface area (Å²) in [6.45, 7) is 4.48. The van der Waals surface area contributed by atoms with Gasteiger partial charge in [-0.05, 0) is 6.92 Å². The van der Waals surface area contributed by atoms with Crippen LogP contribution in [0.25, 0.3) is 0 Å². The van der Waals surface area contributed by atoms with Crippen LogP contribution in [0.3, 0.4) is 0 Å². The quantitative estimate of drug-likeness (QED) is 0.246. The smallest absolute Gasteiger partial charge is 0.242 e. The fraction of sp³-hybridized carbons (Fsp3) is 0.786. The summed E-state index contributed by atoms with van der Waals surface area (Å²) in [7, 11) is 1.52. The molecule has 0 radical (unpaired) electrons. The van der Waals surface area contributed by atoms with E-state index < -0.39 is 6.04 Å². The third-order valence-corrected chi connectivity index (χ3v) is 2.71. The van der Waals surface area contributed by atoms with Crippen molar-refractivity contribution in [1.29, 1.82) is 0 Å². The lowest BCUT2D eigenvalue weighted by molar-refractivity contribution is -0.128. The van der Waals surface area contributed by atoms with E-state index in [1.165, 1.54) is 7.05 Å². The Balaban J connectivity index is 3.31. The van der Waals surface area contributed by atoms with Gasteiger partial charge in [-0.3, -0.25) is 14.4 Å². The van der Waals surface area contributed by atoms with E-state index in [2.05, 4.69) is 16.0 Å². The molecule has 0 aliphatic heterocycles. The van der Waals surface area contributed by atoms with Crippen LogP contribution in [0.15, 0.2) is 0 Å². The second-order valence-electron chi connectivity index (χ2n) is 4.56. The van der Waals surface area contributed by atoms with Crippen LogP contribution < -0.4 is 16.0 Å². The fourth-order valence-corrected chi connectivity index (χ4v) is 1.49. The van der Waals surface area contributed by atoms with Crippen LogP contribution in [0.2, 0.25) is 0 Å². The molecule has 0 saturated carbocycles. The molecule has 0 aromatic heterocycles. The fourth-order valence-electron chi connectivity index (χ4n) is 1.49. The molecule has 0 aromatic rings. The summed E-state index contributed by atoms with van der Waals surface area (Å²) in [5.74, 6) is -0.476. The van der Waals surface area contributed by atoms with E-state index in [1.807, 2.05) is 0 Å². The minimum absolute atomic E-state index is 0.189. The van der Waals surface area contributed by atoms with E-state index >= 15 is 0 Å². The zero-order valence-electron chi connectivity index (χ0n) is 13.8. The lowest BCUT2D eigenvalue weighted by atomic mass is 10.3. The highest BCUT2D eigenvalue weighted by atomic mass is 16.5. The molecule has 134 valence electrons. The number of likely N-dealkylation sites (N-methyl/N-ethyl adjacent to an activating group) is 1. The number of ether oxygens (including phenoxy) is 3. The van der Waals surface area contributed by atoms with Crippen molar-refractivity contribution in [1.82, 2.24) is 16.0 Å². The van der Waals surface area contributed by atoms with Gasteiger partial charge in [0.15, 0.2) is 0 Å². The minimum Gasteiger partial charge on any atom is -0.379 e. The Morgan fingerprint density at radius 3 is 2.13 bits per heavy atom. The van der Waals surface area contributed by atoms with Crippen LogP contribution in [0.5, 0.6) is 0 Å². The SMILES string of the molecule is CNC(=O)C(C)NC(=O)CCOCCOCCOCCNC=O. The molecule has 0 rings (SSSR count). The minimum atomic E-state index is -0.558. The van der Waals surface area contributed by atoms with E-state index in [-0.39, 0.29) is 24.8 Å². The lowest BCUT2D eigenvalue weighted by Crippen LogP contribution is -2.43. The Kier molecular flexibility index (Phi) is 14.1. The first kappa shape index (κ1) is 21.3. The third kappa shape index (κ3) is 13.7. The van der Waals surface area contributed by atoms with Gasteiger partial charge in [-0.2, -0.15) is 0 Å². The predicted molar refractivity (Wildman–Crippen MR) is 82.8 cm³/mol. The summed E-state index contributed by atoms with van der Waals surface area (Å²) in [6, 6.07) is -0.558. The van der Waals surface area contributed by atoms with E-state index in [0.717, 1.165) is 0 Å². The highest BCUT2D eigenvalue weighted by Gasteiger charge is 2.13. The molecule has 3 amide bonds. The molecule has 0 heterocycles. The van der Waals surface area contributed by atoms with E-state index in [4.69, 9.17) is 14.2 Å². The zero-order valence-corrected chi connectivity index (χ0v) is 13.8. The maximum Gasteiger partial charge on any atom is 0.242 e. The van der Waals surface area contributed by atoms with Crippen molar-refractivity contribution in [2.75, 3.05) is 53.2 Å². The highest BCUT2D eigenvalue weighted by molar-refractivity contribution is 5.87. The molecular weight excluding hydrogens is 306 g/mol. The van der Waals surface area contributed by atoms with Gasteiger partial charge >= 0.3 is 0 Å². The summed E-state index contributed by atoms with van der Waals surface area (Å²) < 4.78 is 15.7. The van der Waals surface area contributed by atoms with Crippen molar-refractivity contribution in [3.8, 4) is 0 Å². The van der Waals surface area contributed by atoms with Gasteiger partial charge in [-0.1, -0.05) is 0 Å². The monoisotopic (exact) mass is 333 g/mol. The van der Waals surface area contributed by atoms with Gasteiger partial charge in [0.2, 0.25) is 18.2 Å². The molecule has 0 aliphatic rings. The van der Waals surface area contributed by atoms with Crippen LogP contribution in [0.4, 0.5) is 0 Å². The number of carbonyl (C=O) groups excluding carboxylic acids is 3. The normalized spacial score (nSPS) is 11.6. The summed E-state index contributed by atoms with van der Waals surface area (Å²) in [5, 5.41) is 7.50. The lowest BCUT2D eigenvalue weighted by Gasteiger charge is -2.12. The predicted octanol–water partition coefficient (Wildman–Crippen LogP) is -1.58. The second-order valence-corrected chi connectivity index (χ2v) is 4.56. The van der Waals surface area contributed by atoms with Crippen LogP contribution in [0, 0.1) is 0 Å². The largest absolute Gasteiger partial charge is 0.379 e. The van der Waals surface area contributed by atoms with Crippen molar-refractivity contribution in [3.63, 3.8) is 0 Å². The van der Waals surface area contributed by atoms with Gasteiger partial charge in [0.25, 0.3) is 0 Å². The molecule has 0 fully saturated rings. The first-order valence-corrected chi connectivity index (χ1v) is 7.53. The van der Waals surface area contributed by atoms with Crippen LogP contribution in [-0.2, 0) is 28.6 Å². The van der Waals surface area contributed by atoms with Crippen LogP contribution >= 0.6 is 0 Å². The van der Waals surface area contributed by atoms with E-state index in [1.54, 1.807) is 6.92 Å². The molecule has 0 aliphatic carbocycles. The molecule has 9 nitrogen and oxygen atoms in total. The van der Waals surface area contributed by atoms with E-state index in [9.17, 15) is 14.4 Å². The maximum absolute atomic E-state index is 11.5. The van der Waals surface area contributed by atoms with Gasteiger partial charge in [0, 0.05) is 20.0 Å². The van der Waals surface area contributed by atoms with Gasteiger partial charge in [0.05, 0.1) is 39.6 Å². The molecular formula is C14H27N3O6. The number of hydrogen-bond acceptors (Lipinski definition) is 6. The zero-order chi connectivity index (χ0) is 17.3. The molecule has 1 unspecified atom stereocenters. The molecule has 0 bridgehead atoms. The average Bonchev–Trinajstić information content (AvgIpc) is 2.54. The van der Waals surface area contributed by atoms with E-state index in [0.29, 0.717) is 46.0 Å². The van der Waals surface area contributed by atoms with Crippen molar-refractivity contribution in [3.05, 3.63) is 0 Å². The Morgan fingerprint density at radius 2 is 1.57 bits per heavy atom. The maximum atomic E-state index is 11.5. The van der Waals surface area contributed by atoms with Crippen LogP contribution in [0.1, 0.15) is 13.3 Å². The van der Waals surface area contributed by atoms with Crippen LogP contribution in [-0.4, -0.2) is 77.5 Å². The van der Waals surface area contributed by atoms with Crippen molar-refractivity contribution in [2.24, 2.45) is 0 Å². The van der Waals surface area contributed by atoms with Gasteiger partial charge in [-0.15, -0.1) is 0 Å². The Hall–Kier alpha value is -1.71. The number of hydrogen-bond donors (Lipinski definition) is 3. The molecule has 1 atom stereocenters. The molecule has 0 spiro atoms. The summed E-state index contributed by atoms with van der Waals surface area (Å²) in [4.78, 5) is 32.7. The summed E-state index contributed by atoms with van der Waals surface area (Å²) in [6.07, 6.45) is 0.810. The summed E-state index contributed by atoms with van der Waals surface area (Å²) in [5.41, 5.74) is 0. The highest BCUT2D eigenvalue weighted by Crippen LogP contribution is 1.88. The number of carbonyl (C=O) groups is 3. The average molecular weight is 333 g/mol. The van der Waals surface area contributed by atoms with Crippen molar-refractivity contribution >= 4 is 18.2 Å². The Morgan fingerprint density at radius 1 is 1.00 bits per heavy atom. The van der Waals surface area contributed by atoms with Gasteiger partial charge in [0.1, 0.15) is 6.04 Å². The van der Waals surface area contributed by atoms with Gasteiger partial charge < -0.3 is 30.2 Å². The third-order valence-electron chi connectivity index (χ3n) is 2.71. The molecule has 0 aromatic carbocycles. The van der Waals surface area contributed by atoms with Crippen molar-refractivity contribution < 1.29 is 28.6 Å². The standard InChI is InChI=1S/C14H27N3O6/c1-12(14(20)15-2)17-13(19)3-5-21-7-9-23-10-8-22-6-4-16-11-18/h11-12H,3-10H2,1-2H3,(H,15,20)(H,16,18)(H,17,19). The first-order chi connectivity index (χ1) is 11.1. The molecule has 3 N–H and O–H groups in total. The van der Waals surface area contributed by atoms with Gasteiger partial charge in [-0.25, -0.2) is 0 Å². The molecule has 23 heavy (non-hydrogen) atoms. The van der Waals surface area contributed by atoms with Crippen molar-refractivity contribution in [2.45, 2.75) is 19.4 Å². The topological polar surface area (TPSA) is 115 Å². The molecule has 9 heteroatoms. The number of nitrogens with one attached hydrogen (secondary N) is 3. The summed E-state index contributed by atoms with van der Waals surface area (Å²) >= 11 is 0. The number of amides is 3. The first-order valence-electron chi connectivity index (χ1n) is 7.53.